The number of aliphatic carboxylic acids is 1. The summed E-state index contributed by atoms with van der Waals surface area (Å²) in [6.07, 6.45) is -0.923. The molecule has 0 aromatic heterocycles. The zero-order valence-electron chi connectivity index (χ0n) is 7.79. The van der Waals surface area contributed by atoms with E-state index in [2.05, 4.69) is 4.99 Å². The first-order valence-electron chi connectivity index (χ1n) is 4.26. The fourth-order valence-electron chi connectivity index (χ4n) is 1.24. The lowest BCUT2D eigenvalue weighted by atomic mass is 10.1. The van der Waals surface area contributed by atoms with Crippen LogP contribution >= 0.6 is 0 Å². The summed E-state index contributed by atoms with van der Waals surface area (Å²) in [7, 11) is 1.52. The number of hydrogen-bond donors (Lipinski definition) is 2. The molecule has 1 aliphatic heterocycles. The molecule has 0 amide bonds. The van der Waals surface area contributed by atoms with Crippen LogP contribution in [0.5, 0.6) is 0 Å². The van der Waals surface area contributed by atoms with Crippen molar-refractivity contribution in [2.45, 2.75) is 31.3 Å². The van der Waals surface area contributed by atoms with E-state index < -0.39 is 24.5 Å². The van der Waals surface area contributed by atoms with Crippen molar-refractivity contribution in [2.75, 3.05) is 7.05 Å². The smallest absolute Gasteiger partial charge is 0.333 e. The molecule has 0 aromatic rings. The third kappa shape index (κ3) is 2.97. The number of aliphatic hydroxyl groups excluding tert-OH is 1. The molecule has 1 heterocycles. The minimum atomic E-state index is -1.09. The lowest BCUT2D eigenvalue weighted by Gasteiger charge is -2.29. The molecule has 0 aromatic carbocycles. The van der Waals surface area contributed by atoms with Gasteiger partial charge in [-0.3, -0.25) is 4.99 Å². The van der Waals surface area contributed by atoms with Gasteiger partial charge in [-0.1, -0.05) is 0 Å². The van der Waals surface area contributed by atoms with Gasteiger partial charge in [0.15, 0.2) is 12.5 Å². The summed E-state index contributed by atoms with van der Waals surface area (Å²) in [6.45, 7) is 0. The number of carboxylic acid groups (broad SMARTS) is 1. The van der Waals surface area contributed by atoms with Gasteiger partial charge in [0.2, 0.25) is 6.29 Å². The van der Waals surface area contributed by atoms with Crippen LogP contribution in [0.2, 0.25) is 0 Å². The first-order chi connectivity index (χ1) is 6.63. The molecular formula is C8H13NO5. The van der Waals surface area contributed by atoms with Crippen molar-refractivity contribution in [1.29, 1.82) is 0 Å². The summed E-state index contributed by atoms with van der Waals surface area (Å²) < 4.78 is 9.99. The summed E-state index contributed by atoms with van der Waals surface area (Å²) in [5.74, 6) is -1.09. The molecular weight excluding hydrogens is 190 g/mol. The minimum absolute atomic E-state index is 0.0957. The van der Waals surface area contributed by atoms with E-state index >= 15 is 0 Å². The highest BCUT2D eigenvalue weighted by atomic mass is 16.7. The van der Waals surface area contributed by atoms with Crippen LogP contribution in [0.15, 0.2) is 4.99 Å². The molecule has 6 nitrogen and oxygen atoms in total. The maximum absolute atomic E-state index is 10.6. The topological polar surface area (TPSA) is 88.4 Å². The molecule has 3 atom stereocenters. The molecule has 1 saturated heterocycles. The van der Waals surface area contributed by atoms with E-state index in [1.807, 2.05) is 0 Å². The molecule has 0 radical (unpaired) electrons. The number of nitrogens with zero attached hydrogens (tertiary/aromatic N) is 1. The van der Waals surface area contributed by atoms with E-state index in [1.54, 1.807) is 0 Å². The van der Waals surface area contributed by atoms with Crippen molar-refractivity contribution in [3.05, 3.63) is 0 Å². The fraction of sp³-hybridized carbons (Fsp3) is 0.750. The largest absolute Gasteiger partial charge is 0.479 e. The molecule has 14 heavy (non-hydrogen) atoms. The monoisotopic (exact) mass is 203 g/mol. The van der Waals surface area contributed by atoms with Crippen LogP contribution in [0.25, 0.3) is 0 Å². The maximum atomic E-state index is 10.6. The number of ether oxygens (including phenoxy) is 2. The van der Waals surface area contributed by atoms with Crippen LogP contribution in [0.4, 0.5) is 0 Å². The summed E-state index contributed by atoms with van der Waals surface area (Å²) in [5, 5.41) is 18.0. The summed E-state index contributed by atoms with van der Waals surface area (Å²) in [5.41, 5.74) is 0. The first-order valence-corrected chi connectivity index (χ1v) is 4.26. The summed E-state index contributed by atoms with van der Waals surface area (Å²) >= 11 is 0. The number of aliphatic imine (C=N–C) groups is 1. The Bertz CT molecular complexity index is 230. The molecule has 80 valence electrons. The van der Waals surface area contributed by atoms with Crippen LogP contribution in [0.1, 0.15) is 12.8 Å². The van der Waals surface area contributed by atoms with Crippen LogP contribution in [-0.2, 0) is 14.3 Å². The number of hydrogen-bond acceptors (Lipinski definition) is 5. The molecule has 3 unspecified atom stereocenters. The molecule has 2 N–H and O–H groups in total. The number of carboxylic acids is 1. The van der Waals surface area contributed by atoms with Crippen molar-refractivity contribution in [1.82, 2.24) is 0 Å². The Labute approximate surface area is 81.2 Å². The Hall–Kier alpha value is -1.14. The van der Waals surface area contributed by atoms with Crippen molar-refractivity contribution in [3.63, 3.8) is 0 Å². The second kappa shape index (κ2) is 4.92. The van der Waals surface area contributed by atoms with Crippen molar-refractivity contribution >= 4 is 12.4 Å². The van der Waals surface area contributed by atoms with E-state index in [0.29, 0.717) is 0 Å². The van der Waals surface area contributed by atoms with E-state index in [4.69, 9.17) is 14.6 Å². The standard InChI is InChI=1S/C8H13NO5/c1-9-4-13-7-3-5(10)2-6(14-7)8(11)12/h4-7,10H,2-3H2,1H3,(H,11,12). The van der Waals surface area contributed by atoms with Crippen molar-refractivity contribution in [3.8, 4) is 0 Å². The highest BCUT2D eigenvalue weighted by Gasteiger charge is 2.33. The van der Waals surface area contributed by atoms with Gasteiger partial charge in [0.25, 0.3) is 0 Å². The molecule has 6 heteroatoms. The third-order valence-corrected chi connectivity index (χ3v) is 1.86. The molecule has 0 saturated carbocycles. The molecule has 0 spiro atoms. The summed E-state index contributed by atoms with van der Waals surface area (Å²) in [4.78, 5) is 14.2. The first kappa shape index (κ1) is 10.9. The van der Waals surface area contributed by atoms with Crippen LogP contribution in [0, 0.1) is 0 Å². The fourth-order valence-corrected chi connectivity index (χ4v) is 1.24. The van der Waals surface area contributed by atoms with Gasteiger partial charge in [-0.25, -0.2) is 4.79 Å². The van der Waals surface area contributed by atoms with Gasteiger partial charge in [0.1, 0.15) is 0 Å². The minimum Gasteiger partial charge on any atom is -0.479 e. The number of carbonyl (C=O) groups is 1. The Balaban J connectivity index is 2.49. The SMILES string of the molecule is CN=COC1CC(O)CC(C(=O)O)O1. The average Bonchev–Trinajstić information content (AvgIpc) is 2.14. The van der Waals surface area contributed by atoms with Gasteiger partial charge in [-0.2, -0.15) is 0 Å². The van der Waals surface area contributed by atoms with E-state index in [-0.39, 0.29) is 12.8 Å². The number of rotatable bonds is 3. The van der Waals surface area contributed by atoms with Gasteiger partial charge < -0.3 is 19.7 Å². The third-order valence-electron chi connectivity index (χ3n) is 1.86. The molecule has 1 fully saturated rings. The Morgan fingerprint density at radius 2 is 2.36 bits per heavy atom. The predicted octanol–water partition coefficient (Wildman–Crippen LogP) is -0.388. The van der Waals surface area contributed by atoms with Gasteiger partial charge in [0, 0.05) is 19.9 Å². The van der Waals surface area contributed by atoms with Gasteiger partial charge in [0.05, 0.1) is 6.10 Å². The molecule has 1 rings (SSSR count). The molecule has 0 aliphatic carbocycles. The Morgan fingerprint density at radius 3 is 2.93 bits per heavy atom. The lowest BCUT2D eigenvalue weighted by molar-refractivity contribution is -0.197. The highest BCUT2D eigenvalue weighted by Crippen LogP contribution is 2.20. The number of aliphatic hydroxyl groups is 1. The lowest BCUT2D eigenvalue weighted by Crippen LogP contribution is -2.41. The quantitative estimate of drug-likeness (QED) is 0.481. The summed E-state index contributed by atoms with van der Waals surface area (Å²) in [6, 6.07) is 0. The second-order valence-electron chi connectivity index (χ2n) is 3.02. The zero-order valence-corrected chi connectivity index (χ0v) is 7.79. The van der Waals surface area contributed by atoms with Gasteiger partial charge in [-0.05, 0) is 0 Å². The zero-order chi connectivity index (χ0) is 10.6. The van der Waals surface area contributed by atoms with Crippen LogP contribution < -0.4 is 0 Å². The van der Waals surface area contributed by atoms with Crippen molar-refractivity contribution in [2.24, 2.45) is 4.99 Å². The van der Waals surface area contributed by atoms with Gasteiger partial charge >= 0.3 is 5.97 Å². The maximum Gasteiger partial charge on any atom is 0.333 e. The predicted molar refractivity (Wildman–Crippen MR) is 47.0 cm³/mol. The van der Waals surface area contributed by atoms with Crippen molar-refractivity contribution < 1.29 is 24.5 Å². The van der Waals surface area contributed by atoms with Gasteiger partial charge in [-0.15, -0.1) is 0 Å². The Morgan fingerprint density at radius 1 is 1.64 bits per heavy atom. The highest BCUT2D eigenvalue weighted by molar-refractivity contribution is 5.72. The van der Waals surface area contributed by atoms with E-state index in [0.717, 1.165) is 0 Å². The van der Waals surface area contributed by atoms with Crippen LogP contribution in [-0.4, -0.2) is 48.1 Å². The average molecular weight is 203 g/mol. The van der Waals surface area contributed by atoms with E-state index in [1.165, 1.54) is 13.4 Å². The van der Waals surface area contributed by atoms with E-state index in [9.17, 15) is 9.90 Å². The van der Waals surface area contributed by atoms with Crippen LogP contribution in [0.3, 0.4) is 0 Å². The Kier molecular flexibility index (Phi) is 3.84. The molecule has 0 bridgehead atoms. The molecule has 1 aliphatic rings. The second-order valence-corrected chi connectivity index (χ2v) is 3.02. The normalized spacial score (nSPS) is 33.1.